The van der Waals surface area contributed by atoms with Gasteiger partial charge in [-0.2, -0.15) is 0 Å². The molecule has 0 amide bonds. The van der Waals surface area contributed by atoms with Crippen LogP contribution < -0.4 is 0 Å². The van der Waals surface area contributed by atoms with Crippen molar-refractivity contribution in [1.82, 2.24) is 24.8 Å². The monoisotopic (exact) mass is 483 g/mol. The highest BCUT2D eigenvalue weighted by molar-refractivity contribution is 5.70. The highest BCUT2D eigenvalue weighted by Crippen LogP contribution is 2.17. The van der Waals surface area contributed by atoms with E-state index in [0.29, 0.717) is 0 Å². The lowest BCUT2D eigenvalue weighted by Gasteiger charge is -2.22. The van der Waals surface area contributed by atoms with E-state index < -0.39 is 0 Å². The summed E-state index contributed by atoms with van der Waals surface area (Å²) in [5.41, 5.74) is 8.46. The van der Waals surface area contributed by atoms with Gasteiger partial charge in [0, 0.05) is 44.4 Å². The van der Waals surface area contributed by atoms with E-state index in [-0.39, 0.29) is 0 Å². The smallest absolute Gasteiger partial charge is 0.0886 e. The topological polar surface area (TPSA) is 54.8 Å². The van der Waals surface area contributed by atoms with Gasteiger partial charge in [0.05, 0.1) is 22.8 Å². The van der Waals surface area contributed by atoms with Gasteiger partial charge in [-0.1, -0.05) is 60.7 Å². The van der Waals surface area contributed by atoms with Crippen LogP contribution in [0.1, 0.15) is 33.6 Å². The number of hydrogen-bond donors (Lipinski definition) is 0. The van der Waals surface area contributed by atoms with Crippen molar-refractivity contribution < 1.29 is 0 Å². The number of rotatable bonds is 9. The van der Waals surface area contributed by atoms with Crippen LogP contribution in [0.15, 0.2) is 110 Å². The van der Waals surface area contributed by atoms with Gasteiger partial charge in [-0.15, -0.1) is 0 Å². The zero-order chi connectivity index (χ0) is 25.3. The Balaban J connectivity index is 1.24. The Morgan fingerprint density at radius 1 is 0.568 bits per heavy atom. The Kier molecular flexibility index (Phi) is 7.84. The SMILES string of the molecule is Cc1ccc(-c2ccc(/C=C/c3ccc(CN(Cc4ccccn4)Cc4ccccn4)cc3)cn2)nc1. The molecule has 4 aromatic heterocycles. The maximum Gasteiger partial charge on any atom is 0.0886 e. The standard InChI is InChI=1S/C32H29N5/c1-25-8-16-31(35-20-25)32-17-15-27(21-36-32)12-9-26-10-13-28(14-11-26)22-37(23-29-6-2-4-18-33-29)24-30-7-3-5-19-34-30/h2-21H,22-24H2,1H3/b12-9+. The first-order valence-corrected chi connectivity index (χ1v) is 12.4. The van der Waals surface area contributed by atoms with Crippen LogP contribution in [0.25, 0.3) is 23.5 Å². The molecular weight excluding hydrogens is 454 g/mol. The van der Waals surface area contributed by atoms with E-state index in [2.05, 4.69) is 85.5 Å². The summed E-state index contributed by atoms with van der Waals surface area (Å²) in [6.07, 6.45) is 11.6. The van der Waals surface area contributed by atoms with Crippen LogP contribution in [0.2, 0.25) is 0 Å². The van der Waals surface area contributed by atoms with Crippen molar-refractivity contribution in [3.63, 3.8) is 0 Å². The molecule has 5 rings (SSSR count). The second kappa shape index (κ2) is 12.0. The van der Waals surface area contributed by atoms with Gasteiger partial charge in [-0.25, -0.2) is 0 Å². The van der Waals surface area contributed by atoms with Crippen molar-refractivity contribution in [1.29, 1.82) is 0 Å². The van der Waals surface area contributed by atoms with E-state index in [9.17, 15) is 0 Å². The van der Waals surface area contributed by atoms with Gasteiger partial charge in [0.2, 0.25) is 0 Å². The first-order valence-electron chi connectivity index (χ1n) is 12.4. The van der Waals surface area contributed by atoms with Crippen LogP contribution >= 0.6 is 0 Å². The van der Waals surface area contributed by atoms with Gasteiger partial charge in [0.15, 0.2) is 0 Å². The Morgan fingerprint density at radius 2 is 1.16 bits per heavy atom. The molecule has 0 unspecified atom stereocenters. The number of aryl methyl sites for hydroxylation is 1. The van der Waals surface area contributed by atoms with Gasteiger partial charge >= 0.3 is 0 Å². The largest absolute Gasteiger partial charge is 0.287 e. The van der Waals surface area contributed by atoms with Crippen LogP contribution in [-0.2, 0) is 19.6 Å². The molecule has 5 nitrogen and oxygen atoms in total. The first kappa shape index (κ1) is 24.2. The van der Waals surface area contributed by atoms with Crippen molar-refractivity contribution >= 4 is 12.2 Å². The van der Waals surface area contributed by atoms with Gasteiger partial charge in [-0.3, -0.25) is 24.8 Å². The third-order valence-corrected chi connectivity index (χ3v) is 6.04. The molecule has 0 radical (unpaired) electrons. The summed E-state index contributed by atoms with van der Waals surface area (Å²) < 4.78 is 0. The minimum absolute atomic E-state index is 0.764. The van der Waals surface area contributed by atoms with Crippen LogP contribution in [0.5, 0.6) is 0 Å². The molecule has 0 fully saturated rings. The summed E-state index contributed by atoms with van der Waals surface area (Å²) in [5.74, 6) is 0. The number of benzene rings is 1. The molecule has 5 heteroatoms. The lowest BCUT2D eigenvalue weighted by Crippen LogP contribution is -2.23. The fourth-order valence-electron chi connectivity index (χ4n) is 4.07. The van der Waals surface area contributed by atoms with E-state index in [1.165, 1.54) is 5.56 Å². The molecule has 0 bridgehead atoms. The minimum atomic E-state index is 0.764. The second-order valence-electron chi connectivity index (χ2n) is 9.06. The molecule has 0 atom stereocenters. The number of nitrogens with zero attached hydrogens (tertiary/aromatic N) is 5. The van der Waals surface area contributed by atoms with Gasteiger partial charge in [0.25, 0.3) is 0 Å². The molecular formula is C32H29N5. The third-order valence-electron chi connectivity index (χ3n) is 6.04. The predicted molar refractivity (Wildman–Crippen MR) is 149 cm³/mol. The van der Waals surface area contributed by atoms with E-state index in [0.717, 1.165) is 59.1 Å². The molecule has 0 saturated carbocycles. The predicted octanol–water partition coefficient (Wildman–Crippen LogP) is 6.61. The van der Waals surface area contributed by atoms with Crippen LogP contribution in [0, 0.1) is 6.92 Å². The molecule has 0 aliphatic rings. The zero-order valence-electron chi connectivity index (χ0n) is 20.9. The number of aromatic nitrogens is 4. The summed E-state index contributed by atoms with van der Waals surface area (Å²) in [5, 5.41) is 0. The van der Waals surface area contributed by atoms with Crippen molar-refractivity contribution in [2.45, 2.75) is 26.6 Å². The normalized spacial score (nSPS) is 11.3. The Labute approximate surface area is 218 Å². The van der Waals surface area contributed by atoms with Gasteiger partial charge in [0.1, 0.15) is 0 Å². The van der Waals surface area contributed by atoms with Crippen LogP contribution in [-0.4, -0.2) is 24.8 Å². The molecule has 1 aromatic carbocycles. The molecule has 5 aromatic rings. The zero-order valence-corrected chi connectivity index (χ0v) is 20.9. The third kappa shape index (κ3) is 7.03. The summed E-state index contributed by atoms with van der Waals surface area (Å²) >= 11 is 0. The molecule has 0 aliphatic heterocycles. The Morgan fingerprint density at radius 3 is 1.70 bits per heavy atom. The fourth-order valence-corrected chi connectivity index (χ4v) is 4.07. The van der Waals surface area contributed by atoms with E-state index in [1.807, 2.05) is 68.1 Å². The summed E-state index contributed by atoms with van der Waals surface area (Å²) in [4.78, 5) is 20.4. The maximum absolute atomic E-state index is 4.58. The van der Waals surface area contributed by atoms with Crippen molar-refractivity contribution in [3.8, 4) is 11.4 Å². The fraction of sp³-hybridized carbons (Fsp3) is 0.125. The maximum atomic E-state index is 4.58. The van der Waals surface area contributed by atoms with Crippen molar-refractivity contribution in [2.24, 2.45) is 0 Å². The Hall–Kier alpha value is -4.48. The molecule has 0 N–H and O–H groups in total. The van der Waals surface area contributed by atoms with Crippen molar-refractivity contribution in [2.75, 3.05) is 0 Å². The van der Waals surface area contributed by atoms with E-state index in [1.54, 1.807) is 0 Å². The second-order valence-corrected chi connectivity index (χ2v) is 9.06. The minimum Gasteiger partial charge on any atom is -0.287 e. The van der Waals surface area contributed by atoms with Gasteiger partial charge in [-0.05, 0) is 65.6 Å². The van der Waals surface area contributed by atoms with Gasteiger partial charge < -0.3 is 0 Å². The number of hydrogen-bond acceptors (Lipinski definition) is 5. The lowest BCUT2D eigenvalue weighted by atomic mass is 10.1. The van der Waals surface area contributed by atoms with Crippen LogP contribution in [0.3, 0.4) is 0 Å². The lowest BCUT2D eigenvalue weighted by molar-refractivity contribution is 0.241. The first-order chi connectivity index (χ1) is 18.2. The number of pyridine rings is 4. The highest BCUT2D eigenvalue weighted by atomic mass is 15.1. The summed E-state index contributed by atoms with van der Waals surface area (Å²) in [6.45, 7) is 4.38. The quantitative estimate of drug-likeness (QED) is 0.236. The van der Waals surface area contributed by atoms with Crippen molar-refractivity contribution in [3.05, 3.63) is 143 Å². The highest BCUT2D eigenvalue weighted by Gasteiger charge is 2.10. The van der Waals surface area contributed by atoms with E-state index in [4.69, 9.17) is 0 Å². The Bertz CT molecular complexity index is 1370. The molecule has 4 heterocycles. The summed E-state index contributed by atoms with van der Waals surface area (Å²) in [6, 6.07) is 28.9. The molecule has 0 spiro atoms. The molecule has 37 heavy (non-hydrogen) atoms. The average molecular weight is 484 g/mol. The molecule has 0 saturated heterocycles. The average Bonchev–Trinajstić information content (AvgIpc) is 2.94. The molecule has 0 aliphatic carbocycles. The molecule has 182 valence electrons. The van der Waals surface area contributed by atoms with Crippen LogP contribution in [0.4, 0.5) is 0 Å². The summed E-state index contributed by atoms with van der Waals surface area (Å²) in [7, 11) is 0. The van der Waals surface area contributed by atoms with E-state index >= 15 is 0 Å².